The third-order valence-corrected chi connectivity index (χ3v) is 0.289. The van der Waals surface area contributed by atoms with E-state index in [0.717, 1.165) is 0 Å². The summed E-state index contributed by atoms with van der Waals surface area (Å²) in [7, 11) is 0. The molecule has 0 amide bonds. The molecule has 0 saturated heterocycles. The van der Waals surface area contributed by atoms with E-state index in [1.807, 2.05) is 0 Å². The maximum atomic E-state index is 9.28. The second-order valence-corrected chi connectivity index (χ2v) is 0.921. The van der Waals surface area contributed by atoms with Crippen LogP contribution in [0.4, 0.5) is 0 Å². The van der Waals surface area contributed by atoms with E-state index in [-0.39, 0.29) is 26.2 Å². The molecule has 42 valence electrons. The number of hydrogen-bond donors (Lipinski definition) is 0. The van der Waals surface area contributed by atoms with Gasteiger partial charge in [-0.2, -0.15) is 0 Å². The SMILES string of the molecule is O=C([O-])CC(=O)[O-].[Zr+2]. The molecule has 0 bridgehead atoms. The van der Waals surface area contributed by atoms with Crippen molar-refractivity contribution in [2.75, 3.05) is 0 Å². The minimum absolute atomic E-state index is 0. The Bertz CT molecular complexity index is 87.5. The Morgan fingerprint density at radius 2 is 1.38 bits per heavy atom. The molecule has 0 aliphatic carbocycles. The van der Waals surface area contributed by atoms with Gasteiger partial charge in [-0.15, -0.1) is 0 Å². The zero-order valence-corrected chi connectivity index (χ0v) is 6.30. The molecule has 0 unspecified atom stereocenters. The topological polar surface area (TPSA) is 80.3 Å². The molecule has 0 aliphatic heterocycles. The molecule has 0 aromatic carbocycles. The molecule has 0 rings (SSSR count). The number of carbonyl (C=O) groups excluding carboxylic acids is 2. The second-order valence-electron chi connectivity index (χ2n) is 0.921. The molecular formula is C3H2O4Zr. The number of rotatable bonds is 2. The van der Waals surface area contributed by atoms with Crippen LogP contribution in [-0.4, -0.2) is 11.9 Å². The molecule has 4 nitrogen and oxygen atoms in total. The van der Waals surface area contributed by atoms with E-state index < -0.39 is 18.4 Å². The van der Waals surface area contributed by atoms with Crippen LogP contribution in [-0.2, 0) is 35.8 Å². The third kappa shape index (κ3) is 9.27. The quantitative estimate of drug-likeness (QED) is 0.434. The normalized spacial score (nSPS) is 7.00. The van der Waals surface area contributed by atoms with Crippen LogP contribution < -0.4 is 10.2 Å². The van der Waals surface area contributed by atoms with Crippen LogP contribution in [0.25, 0.3) is 0 Å². The van der Waals surface area contributed by atoms with Crippen LogP contribution in [0, 0.1) is 0 Å². The molecule has 0 heterocycles. The average molecular weight is 193 g/mol. The standard InChI is InChI=1S/C3H4O4.Zr/c4-2(5)1-3(6)7;/h1H2,(H,4,5)(H,6,7);/q;+2/p-2. The Labute approximate surface area is 64.6 Å². The van der Waals surface area contributed by atoms with Crippen LogP contribution in [0.1, 0.15) is 6.42 Å². The monoisotopic (exact) mass is 192 g/mol. The van der Waals surface area contributed by atoms with Gasteiger partial charge in [0, 0.05) is 18.4 Å². The maximum Gasteiger partial charge on any atom is 2.00 e. The van der Waals surface area contributed by atoms with E-state index in [0.29, 0.717) is 0 Å². The zero-order chi connectivity index (χ0) is 5.86. The van der Waals surface area contributed by atoms with E-state index in [4.69, 9.17) is 0 Å². The smallest absolute Gasteiger partial charge is 0.550 e. The van der Waals surface area contributed by atoms with Gasteiger partial charge in [-0.05, 0) is 0 Å². The number of aliphatic carboxylic acids is 2. The minimum Gasteiger partial charge on any atom is -0.550 e. The Balaban J connectivity index is 0. The summed E-state index contributed by atoms with van der Waals surface area (Å²) in [5.74, 6) is -3.25. The summed E-state index contributed by atoms with van der Waals surface area (Å²) in [4.78, 5) is 18.6. The van der Waals surface area contributed by atoms with Crippen LogP contribution in [0.5, 0.6) is 0 Å². The van der Waals surface area contributed by atoms with E-state index in [2.05, 4.69) is 0 Å². The van der Waals surface area contributed by atoms with Gasteiger partial charge in [-0.25, -0.2) is 0 Å². The summed E-state index contributed by atoms with van der Waals surface area (Å²) in [5.41, 5.74) is 0. The van der Waals surface area contributed by atoms with Crippen LogP contribution in [0.2, 0.25) is 0 Å². The summed E-state index contributed by atoms with van der Waals surface area (Å²) in [6.45, 7) is 0. The summed E-state index contributed by atoms with van der Waals surface area (Å²) in [6.07, 6.45) is -1.03. The zero-order valence-electron chi connectivity index (χ0n) is 3.84. The Kier molecular flexibility index (Phi) is 6.67. The number of carbonyl (C=O) groups is 2. The first-order chi connectivity index (χ1) is 3.13. The van der Waals surface area contributed by atoms with Gasteiger partial charge in [0.05, 0.1) is 0 Å². The molecule has 0 aromatic rings. The van der Waals surface area contributed by atoms with E-state index >= 15 is 0 Å². The van der Waals surface area contributed by atoms with Crippen molar-refractivity contribution in [3.8, 4) is 0 Å². The molecule has 0 fully saturated rings. The Hall–Kier alpha value is -0.177. The predicted molar refractivity (Wildman–Crippen MR) is 14.6 cm³/mol. The predicted octanol–water partition coefficient (Wildman–Crippen LogP) is -3.13. The summed E-state index contributed by atoms with van der Waals surface area (Å²) < 4.78 is 0. The molecule has 8 heavy (non-hydrogen) atoms. The summed E-state index contributed by atoms with van der Waals surface area (Å²) >= 11 is 0. The fourth-order valence-corrected chi connectivity index (χ4v) is 0.118. The van der Waals surface area contributed by atoms with Crippen molar-refractivity contribution in [3.05, 3.63) is 0 Å². The first-order valence-electron chi connectivity index (χ1n) is 1.52. The van der Waals surface area contributed by atoms with E-state index in [1.165, 1.54) is 0 Å². The van der Waals surface area contributed by atoms with Crippen LogP contribution in [0.3, 0.4) is 0 Å². The van der Waals surface area contributed by atoms with Crippen molar-refractivity contribution >= 4 is 11.9 Å². The van der Waals surface area contributed by atoms with Crippen molar-refractivity contribution in [2.45, 2.75) is 6.42 Å². The van der Waals surface area contributed by atoms with Crippen LogP contribution >= 0.6 is 0 Å². The van der Waals surface area contributed by atoms with Gasteiger partial charge in [0.2, 0.25) is 0 Å². The van der Waals surface area contributed by atoms with Crippen molar-refractivity contribution in [1.82, 2.24) is 0 Å². The van der Waals surface area contributed by atoms with Gasteiger partial charge < -0.3 is 19.8 Å². The molecular weight excluding hydrogens is 191 g/mol. The van der Waals surface area contributed by atoms with Crippen molar-refractivity contribution < 1.29 is 46.0 Å². The molecule has 0 spiro atoms. The number of carboxylic acid groups (broad SMARTS) is 2. The van der Waals surface area contributed by atoms with Crippen LogP contribution in [0.15, 0.2) is 0 Å². The Morgan fingerprint density at radius 1 is 1.12 bits per heavy atom. The molecule has 0 atom stereocenters. The van der Waals surface area contributed by atoms with Gasteiger partial charge >= 0.3 is 26.2 Å². The van der Waals surface area contributed by atoms with E-state index in [1.54, 1.807) is 0 Å². The van der Waals surface area contributed by atoms with Gasteiger partial charge in [0.1, 0.15) is 0 Å². The van der Waals surface area contributed by atoms with E-state index in [9.17, 15) is 19.8 Å². The maximum absolute atomic E-state index is 9.28. The number of carboxylic acids is 2. The van der Waals surface area contributed by atoms with Crippen molar-refractivity contribution in [2.24, 2.45) is 0 Å². The largest absolute Gasteiger partial charge is 2.00 e. The second kappa shape index (κ2) is 4.97. The third-order valence-electron chi connectivity index (χ3n) is 0.289. The minimum atomic E-state index is -1.63. The van der Waals surface area contributed by atoms with Gasteiger partial charge in [0.15, 0.2) is 0 Å². The fraction of sp³-hybridized carbons (Fsp3) is 0.333. The Morgan fingerprint density at radius 3 is 1.38 bits per heavy atom. The molecule has 0 aromatic heterocycles. The van der Waals surface area contributed by atoms with Gasteiger partial charge in [-0.3, -0.25) is 0 Å². The van der Waals surface area contributed by atoms with Gasteiger partial charge in [-0.1, -0.05) is 0 Å². The molecule has 0 aliphatic rings. The molecule has 0 N–H and O–H groups in total. The molecule has 0 radical (unpaired) electrons. The first-order valence-corrected chi connectivity index (χ1v) is 1.52. The average Bonchev–Trinajstić information content (AvgIpc) is 1.27. The summed E-state index contributed by atoms with van der Waals surface area (Å²) in [6, 6.07) is 0. The molecule has 5 heteroatoms. The first kappa shape index (κ1) is 10.7. The fourth-order valence-electron chi connectivity index (χ4n) is 0.118. The van der Waals surface area contributed by atoms with Crippen molar-refractivity contribution in [3.63, 3.8) is 0 Å². The number of hydrogen-bond acceptors (Lipinski definition) is 4. The van der Waals surface area contributed by atoms with Gasteiger partial charge in [0.25, 0.3) is 0 Å². The summed E-state index contributed by atoms with van der Waals surface area (Å²) in [5, 5.41) is 18.6. The van der Waals surface area contributed by atoms with Crippen molar-refractivity contribution in [1.29, 1.82) is 0 Å². The molecule has 0 saturated carbocycles.